The summed E-state index contributed by atoms with van der Waals surface area (Å²) < 4.78 is 0. The minimum Gasteiger partial charge on any atom is -0.358 e. The lowest BCUT2D eigenvalue weighted by Crippen LogP contribution is -2.30. The number of H-pyrrole nitrogens is 1. The SMILES string of the molecule is CCNCCN(C)c1cc(=O)[nH]c(C(C)C)n1. The summed E-state index contributed by atoms with van der Waals surface area (Å²) in [5, 5.41) is 3.25. The molecule has 2 N–H and O–H groups in total. The van der Waals surface area contributed by atoms with Gasteiger partial charge < -0.3 is 15.2 Å². The first-order chi connectivity index (χ1) is 8.04. The van der Waals surface area contributed by atoms with Gasteiger partial charge >= 0.3 is 0 Å². The molecule has 0 aliphatic rings. The highest BCUT2D eigenvalue weighted by Crippen LogP contribution is 2.11. The van der Waals surface area contributed by atoms with E-state index < -0.39 is 0 Å². The molecule has 0 fully saturated rings. The van der Waals surface area contributed by atoms with Gasteiger partial charge in [0.05, 0.1) is 0 Å². The molecule has 5 heteroatoms. The van der Waals surface area contributed by atoms with E-state index >= 15 is 0 Å². The van der Waals surface area contributed by atoms with Crippen LogP contribution < -0.4 is 15.8 Å². The van der Waals surface area contributed by atoms with Crippen molar-refractivity contribution in [2.75, 3.05) is 31.6 Å². The number of rotatable bonds is 6. The highest BCUT2D eigenvalue weighted by molar-refractivity contribution is 5.36. The molecule has 0 amide bonds. The first-order valence-electron chi connectivity index (χ1n) is 6.07. The highest BCUT2D eigenvalue weighted by Gasteiger charge is 2.08. The molecule has 1 aromatic heterocycles. The summed E-state index contributed by atoms with van der Waals surface area (Å²) in [6.45, 7) is 8.78. The van der Waals surface area contributed by atoms with E-state index in [1.165, 1.54) is 6.07 Å². The average Bonchev–Trinajstić information content (AvgIpc) is 2.28. The van der Waals surface area contributed by atoms with E-state index in [4.69, 9.17) is 0 Å². The average molecular weight is 238 g/mol. The minimum atomic E-state index is -0.0889. The molecule has 0 aromatic carbocycles. The van der Waals surface area contributed by atoms with Crippen LogP contribution in [0, 0.1) is 0 Å². The van der Waals surface area contributed by atoms with Gasteiger partial charge in [-0.05, 0) is 6.54 Å². The lowest BCUT2D eigenvalue weighted by Gasteiger charge is -2.19. The maximum atomic E-state index is 11.5. The third-order valence-electron chi connectivity index (χ3n) is 2.56. The fraction of sp³-hybridized carbons (Fsp3) is 0.667. The number of likely N-dealkylation sites (N-methyl/N-ethyl adjacent to an activating group) is 2. The number of hydrogen-bond acceptors (Lipinski definition) is 4. The van der Waals surface area contributed by atoms with E-state index in [2.05, 4.69) is 22.2 Å². The Morgan fingerprint density at radius 1 is 1.53 bits per heavy atom. The molecule has 0 bridgehead atoms. The summed E-state index contributed by atoms with van der Waals surface area (Å²) in [5.41, 5.74) is -0.0889. The Balaban J connectivity index is 2.79. The monoisotopic (exact) mass is 238 g/mol. The summed E-state index contributed by atoms with van der Waals surface area (Å²) in [5.74, 6) is 1.70. The van der Waals surface area contributed by atoms with Gasteiger partial charge in [-0.25, -0.2) is 4.98 Å². The zero-order valence-electron chi connectivity index (χ0n) is 11.1. The second kappa shape index (κ2) is 6.39. The van der Waals surface area contributed by atoms with Gasteiger partial charge in [0.15, 0.2) is 0 Å². The van der Waals surface area contributed by atoms with Gasteiger partial charge in [0, 0.05) is 32.1 Å². The van der Waals surface area contributed by atoms with E-state index in [-0.39, 0.29) is 11.5 Å². The second-order valence-electron chi connectivity index (χ2n) is 4.42. The van der Waals surface area contributed by atoms with Gasteiger partial charge in [-0.3, -0.25) is 4.79 Å². The van der Waals surface area contributed by atoms with Gasteiger partial charge in [0.25, 0.3) is 5.56 Å². The second-order valence-corrected chi connectivity index (χ2v) is 4.42. The molecule has 1 aromatic rings. The van der Waals surface area contributed by atoms with Crippen molar-refractivity contribution in [3.8, 4) is 0 Å². The standard InChI is InChI=1S/C12H22N4O/c1-5-13-6-7-16(4)10-8-11(17)15-12(14-10)9(2)3/h8-9,13H,5-7H2,1-4H3,(H,14,15,17). The third kappa shape index (κ3) is 4.19. The topological polar surface area (TPSA) is 61.0 Å². The lowest BCUT2D eigenvalue weighted by molar-refractivity contribution is 0.695. The lowest BCUT2D eigenvalue weighted by atomic mass is 10.2. The van der Waals surface area contributed by atoms with Crippen LogP contribution in [0.3, 0.4) is 0 Å². The molecule has 0 aliphatic heterocycles. The summed E-state index contributed by atoms with van der Waals surface area (Å²) in [6.07, 6.45) is 0. The fourth-order valence-electron chi connectivity index (χ4n) is 1.47. The van der Waals surface area contributed by atoms with Crippen molar-refractivity contribution in [1.29, 1.82) is 0 Å². The van der Waals surface area contributed by atoms with Crippen LogP contribution in [-0.2, 0) is 0 Å². The maximum absolute atomic E-state index is 11.5. The van der Waals surface area contributed by atoms with Crippen LogP contribution in [0.2, 0.25) is 0 Å². The molecule has 0 unspecified atom stereocenters. The molecular formula is C12H22N4O. The molecule has 0 aliphatic carbocycles. The Kier molecular flexibility index (Phi) is 5.15. The summed E-state index contributed by atoms with van der Waals surface area (Å²) in [7, 11) is 1.95. The number of aromatic amines is 1. The molecule has 0 saturated heterocycles. The van der Waals surface area contributed by atoms with E-state index in [0.29, 0.717) is 0 Å². The number of aromatic nitrogens is 2. The molecule has 1 heterocycles. The van der Waals surface area contributed by atoms with Crippen LogP contribution >= 0.6 is 0 Å². The number of hydrogen-bond donors (Lipinski definition) is 2. The number of nitrogens with zero attached hydrogens (tertiary/aromatic N) is 2. The fourth-order valence-corrected chi connectivity index (χ4v) is 1.47. The predicted octanol–water partition coefficient (Wildman–Crippen LogP) is 0.939. The smallest absolute Gasteiger partial charge is 0.252 e. The van der Waals surface area contributed by atoms with Crippen LogP contribution in [0.25, 0.3) is 0 Å². The van der Waals surface area contributed by atoms with Crippen LogP contribution in [-0.4, -0.2) is 36.6 Å². The zero-order chi connectivity index (χ0) is 12.8. The molecule has 96 valence electrons. The molecule has 0 spiro atoms. The van der Waals surface area contributed by atoms with Crippen molar-refractivity contribution in [1.82, 2.24) is 15.3 Å². The van der Waals surface area contributed by atoms with Crippen molar-refractivity contribution in [3.05, 3.63) is 22.2 Å². The van der Waals surface area contributed by atoms with Crippen molar-refractivity contribution in [3.63, 3.8) is 0 Å². The van der Waals surface area contributed by atoms with E-state index in [1.54, 1.807) is 0 Å². The van der Waals surface area contributed by atoms with E-state index in [0.717, 1.165) is 31.3 Å². The first kappa shape index (κ1) is 13.7. The van der Waals surface area contributed by atoms with Crippen molar-refractivity contribution < 1.29 is 0 Å². The predicted molar refractivity (Wildman–Crippen MR) is 70.8 cm³/mol. The van der Waals surface area contributed by atoms with Crippen molar-refractivity contribution >= 4 is 5.82 Å². The van der Waals surface area contributed by atoms with Crippen LogP contribution in [0.1, 0.15) is 32.5 Å². The van der Waals surface area contributed by atoms with Crippen molar-refractivity contribution in [2.24, 2.45) is 0 Å². The van der Waals surface area contributed by atoms with E-state index in [1.807, 2.05) is 25.8 Å². The Hall–Kier alpha value is -1.36. The number of nitrogens with one attached hydrogen (secondary N) is 2. The van der Waals surface area contributed by atoms with Crippen LogP contribution in [0.4, 0.5) is 5.82 Å². The molecule has 5 nitrogen and oxygen atoms in total. The normalized spacial score (nSPS) is 10.9. The Labute approximate surface area is 102 Å². The first-order valence-corrected chi connectivity index (χ1v) is 6.07. The minimum absolute atomic E-state index is 0.0889. The highest BCUT2D eigenvalue weighted by atomic mass is 16.1. The van der Waals surface area contributed by atoms with Gasteiger partial charge in [0.1, 0.15) is 11.6 Å². The van der Waals surface area contributed by atoms with E-state index in [9.17, 15) is 4.79 Å². The van der Waals surface area contributed by atoms with Gasteiger partial charge in [-0.2, -0.15) is 0 Å². The molecule has 0 radical (unpaired) electrons. The maximum Gasteiger partial charge on any atom is 0.252 e. The Morgan fingerprint density at radius 3 is 2.82 bits per heavy atom. The largest absolute Gasteiger partial charge is 0.358 e. The zero-order valence-corrected chi connectivity index (χ0v) is 11.1. The molecule has 0 saturated carbocycles. The Morgan fingerprint density at radius 2 is 2.24 bits per heavy atom. The molecular weight excluding hydrogens is 216 g/mol. The summed E-state index contributed by atoms with van der Waals surface area (Å²) >= 11 is 0. The molecule has 0 atom stereocenters. The van der Waals surface area contributed by atoms with Crippen LogP contribution in [0.5, 0.6) is 0 Å². The summed E-state index contributed by atoms with van der Waals surface area (Å²) in [6, 6.07) is 1.54. The quantitative estimate of drug-likeness (QED) is 0.724. The molecule has 1 rings (SSSR count). The van der Waals surface area contributed by atoms with Crippen LogP contribution in [0.15, 0.2) is 10.9 Å². The molecule has 17 heavy (non-hydrogen) atoms. The van der Waals surface area contributed by atoms with Gasteiger partial charge in [-0.15, -0.1) is 0 Å². The van der Waals surface area contributed by atoms with Gasteiger partial charge in [0.2, 0.25) is 0 Å². The Bertz CT molecular complexity index is 400. The van der Waals surface area contributed by atoms with Crippen molar-refractivity contribution in [2.45, 2.75) is 26.7 Å². The third-order valence-corrected chi connectivity index (χ3v) is 2.56. The number of anilines is 1. The summed E-state index contributed by atoms with van der Waals surface area (Å²) in [4.78, 5) is 20.7. The van der Waals surface area contributed by atoms with Gasteiger partial charge in [-0.1, -0.05) is 20.8 Å².